The van der Waals surface area contributed by atoms with Crippen LogP contribution >= 0.6 is 0 Å². The fourth-order valence-corrected chi connectivity index (χ4v) is 3.45. The zero-order chi connectivity index (χ0) is 18.8. The van der Waals surface area contributed by atoms with Crippen LogP contribution in [0, 0.1) is 0 Å². The van der Waals surface area contributed by atoms with Gasteiger partial charge in [-0.1, -0.05) is 54.6 Å². The van der Waals surface area contributed by atoms with Gasteiger partial charge in [-0.3, -0.25) is 4.90 Å². The summed E-state index contributed by atoms with van der Waals surface area (Å²) in [6.07, 6.45) is 4.02. The van der Waals surface area contributed by atoms with Crippen molar-refractivity contribution in [3.05, 3.63) is 89.1 Å². The number of nitrogens with zero attached hydrogens (tertiary/aromatic N) is 1. The Balaban J connectivity index is 1.61. The molecule has 0 N–H and O–H groups in total. The lowest BCUT2D eigenvalue weighted by atomic mass is 9.90. The monoisotopic (exact) mass is 361 g/mol. The molecular weight excluding hydrogens is 342 g/mol. The first kappa shape index (κ1) is 17.1. The second-order valence-corrected chi connectivity index (χ2v) is 6.58. The summed E-state index contributed by atoms with van der Waals surface area (Å²) in [4.78, 5) is 26.1. The number of fused-ring (bicyclic) bond motifs is 1. The van der Waals surface area contributed by atoms with Gasteiger partial charge >= 0.3 is 12.1 Å². The molecule has 1 amide bonds. The van der Waals surface area contributed by atoms with Crippen molar-refractivity contribution in [2.24, 2.45) is 0 Å². The number of carbonyl (C=O) groups excluding carboxylic acids is 2. The minimum absolute atomic E-state index is 0.178. The molecule has 0 bridgehead atoms. The van der Waals surface area contributed by atoms with Gasteiger partial charge in [0.15, 0.2) is 0 Å². The van der Waals surface area contributed by atoms with Gasteiger partial charge in [0.05, 0.1) is 0 Å². The van der Waals surface area contributed by atoms with Crippen LogP contribution in [0.3, 0.4) is 0 Å². The van der Waals surface area contributed by atoms with Crippen LogP contribution in [-0.2, 0) is 20.9 Å². The lowest BCUT2D eigenvalue weighted by molar-refractivity contribution is -0.141. The zero-order valence-corrected chi connectivity index (χ0v) is 14.9. The third kappa shape index (κ3) is 3.36. The Bertz CT molecular complexity index is 932. The first-order chi connectivity index (χ1) is 13.1. The molecule has 2 aromatic carbocycles. The number of rotatable bonds is 3. The second kappa shape index (κ2) is 7.11. The van der Waals surface area contributed by atoms with E-state index < -0.39 is 18.2 Å². The maximum Gasteiger partial charge on any atom is 0.414 e. The third-order valence-electron chi connectivity index (χ3n) is 4.77. The summed E-state index contributed by atoms with van der Waals surface area (Å²) in [5.41, 5.74) is 3.61. The van der Waals surface area contributed by atoms with Crippen molar-refractivity contribution >= 4 is 18.1 Å². The molecule has 2 aromatic rings. The van der Waals surface area contributed by atoms with E-state index in [0.717, 1.165) is 22.3 Å². The van der Waals surface area contributed by atoms with E-state index in [-0.39, 0.29) is 12.6 Å². The molecule has 0 spiro atoms. The summed E-state index contributed by atoms with van der Waals surface area (Å²) in [5, 5.41) is 0. The number of cyclic esters (lactones) is 1. The van der Waals surface area contributed by atoms with Gasteiger partial charge in [-0.25, -0.2) is 9.59 Å². The van der Waals surface area contributed by atoms with Gasteiger partial charge in [-0.15, -0.1) is 0 Å². The Hall–Kier alpha value is -3.34. The molecule has 2 heterocycles. The molecule has 2 aliphatic heterocycles. The third-order valence-corrected chi connectivity index (χ3v) is 4.77. The Labute approximate surface area is 157 Å². The molecule has 0 fully saturated rings. The van der Waals surface area contributed by atoms with Crippen LogP contribution in [0.1, 0.15) is 29.7 Å². The first-order valence-corrected chi connectivity index (χ1v) is 8.78. The molecule has 27 heavy (non-hydrogen) atoms. The topological polar surface area (TPSA) is 55.8 Å². The zero-order valence-electron chi connectivity index (χ0n) is 14.9. The predicted molar refractivity (Wildman–Crippen MR) is 100 cm³/mol. The van der Waals surface area contributed by atoms with E-state index in [1.807, 2.05) is 67.6 Å². The summed E-state index contributed by atoms with van der Waals surface area (Å²) in [7, 11) is 0. The lowest BCUT2D eigenvalue weighted by Gasteiger charge is -2.36. The molecule has 2 aliphatic rings. The largest absolute Gasteiger partial charge is 0.452 e. The maximum absolute atomic E-state index is 12.8. The van der Waals surface area contributed by atoms with Gasteiger partial charge in [0, 0.05) is 12.3 Å². The van der Waals surface area contributed by atoms with Crippen LogP contribution < -0.4 is 0 Å². The van der Waals surface area contributed by atoms with Crippen molar-refractivity contribution < 1.29 is 19.1 Å². The number of ether oxygens (including phenoxy) is 2. The van der Waals surface area contributed by atoms with E-state index >= 15 is 0 Å². The number of hydrogen-bond acceptors (Lipinski definition) is 4. The molecule has 136 valence electrons. The van der Waals surface area contributed by atoms with Crippen LogP contribution in [0.2, 0.25) is 0 Å². The summed E-state index contributed by atoms with van der Waals surface area (Å²) in [6, 6.07) is 16.8. The average Bonchev–Trinajstić information content (AvgIpc) is 3.03. The minimum Gasteiger partial charge on any atom is -0.452 e. The van der Waals surface area contributed by atoms with Gasteiger partial charge in [0.25, 0.3) is 0 Å². The highest BCUT2D eigenvalue weighted by molar-refractivity contribution is 5.86. The van der Waals surface area contributed by atoms with Crippen molar-refractivity contribution in [1.82, 2.24) is 4.90 Å². The van der Waals surface area contributed by atoms with Gasteiger partial charge in [-0.05, 0) is 35.3 Å². The molecule has 4 rings (SSSR count). The Morgan fingerprint density at radius 3 is 2.59 bits per heavy atom. The van der Waals surface area contributed by atoms with E-state index in [4.69, 9.17) is 9.47 Å². The molecule has 0 unspecified atom stereocenters. The van der Waals surface area contributed by atoms with Gasteiger partial charge in [-0.2, -0.15) is 0 Å². The average molecular weight is 361 g/mol. The van der Waals surface area contributed by atoms with E-state index in [1.54, 1.807) is 6.20 Å². The second-order valence-electron chi connectivity index (χ2n) is 6.58. The molecular formula is C22H19NO4. The Morgan fingerprint density at radius 2 is 1.85 bits per heavy atom. The molecule has 0 aromatic heterocycles. The first-order valence-electron chi connectivity index (χ1n) is 8.78. The highest BCUT2D eigenvalue weighted by atomic mass is 16.6. The molecule has 0 saturated carbocycles. The van der Waals surface area contributed by atoms with Crippen LogP contribution in [0.15, 0.2) is 72.4 Å². The number of carbonyl (C=O) groups is 2. The molecule has 2 atom stereocenters. The van der Waals surface area contributed by atoms with E-state index in [1.165, 1.54) is 11.0 Å². The fourth-order valence-electron chi connectivity index (χ4n) is 3.45. The number of benzene rings is 2. The van der Waals surface area contributed by atoms with Crippen LogP contribution in [0.4, 0.5) is 4.79 Å². The Morgan fingerprint density at radius 1 is 1.11 bits per heavy atom. The highest BCUT2D eigenvalue weighted by Crippen LogP contribution is 2.38. The summed E-state index contributed by atoms with van der Waals surface area (Å²) in [5.74, 6) is -0.387. The van der Waals surface area contributed by atoms with Crippen molar-refractivity contribution in [3.63, 3.8) is 0 Å². The van der Waals surface area contributed by atoms with Crippen molar-refractivity contribution in [1.29, 1.82) is 0 Å². The molecule has 0 radical (unpaired) electrons. The molecule has 5 heteroatoms. The summed E-state index contributed by atoms with van der Waals surface area (Å²) < 4.78 is 11.0. The minimum atomic E-state index is -0.534. The van der Waals surface area contributed by atoms with Gasteiger partial charge < -0.3 is 9.47 Å². The van der Waals surface area contributed by atoms with Crippen LogP contribution in [-0.4, -0.2) is 23.1 Å². The molecule has 5 nitrogen and oxygen atoms in total. The van der Waals surface area contributed by atoms with E-state index in [9.17, 15) is 9.59 Å². The van der Waals surface area contributed by atoms with Gasteiger partial charge in [0.1, 0.15) is 18.8 Å². The normalized spacial score (nSPS) is 20.7. The van der Waals surface area contributed by atoms with Crippen molar-refractivity contribution in [2.45, 2.75) is 25.7 Å². The van der Waals surface area contributed by atoms with Crippen LogP contribution in [0.5, 0.6) is 0 Å². The fraction of sp³-hybridized carbons (Fsp3) is 0.182. The maximum atomic E-state index is 12.8. The van der Waals surface area contributed by atoms with E-state index in [0.29, 0.717) is 0 Å². The SMILES string of the molecule is CC1=CC(=O)O[C@H]1[C@H]1c2ccccc2C=CN1C(=O)OCc1ccccc1. The number of hydrogen-bond donors (Lipinski definition) is 0. The van der Waals surface area contributed by atoms with Crippen LogP contribution in [0.25, 0.3) is 6.08 Å². The van der Waals surface area contributed by atoms with Crippen molar-refractivity contribution in [3.8, 4) is 0 Å². The summed E-state index contributed by atoms with van der Waals surface area (Å²) in [6.45, 7) is 2.02. The highest BCUT2D eigenvalue weighted by Gasteiger charge is 2.40. The summed E-state index contributed by atoms with van der Waals surface area (Å²) >= 11 is 0. The Kier molecular flexibility index (Phi) is 4.50. The predicted octanol–water partition coefficient (Wildman–Crippen LogP) is 4.22. The standard InChI is InChI=1S/C22H19NO4/c1-15-13-19(24)27-21(15)20-18-10-6-5-9-17(18)11-12-23(20)22(25)26-14-16-7-3-2-4-8-16/h2-13,20-21H,14H2,1H3/t20-,21-/m1/s1. The smallest absolute Gasteiger partial charge is 0.414 e. The van der Waals surface area contributed by atoms with Crippen molar-refractivity contribution in [2.75, 3.05) is 0 Å². The molecule has 0 aliphatic carbocycles. The van der Waals surface area contributed by atoms with Gasteiger partial charge in [0.2, 0.25) is 0 Å². The van der Waals surface area contributed by atoms with E-state index in [2.05, 4.69) is 0 Å². The lowest BCUT2D eigenvalue weighted by Crippen LogP contribution is -2.40. The number of amides is 1. The number of esters is 1. The molecule has 0 saturated heterocycles. The quantitative estimate of drug-likeness (QED) is 0.768.